The number of nitrogens with one attached hydrogen (secondary N) is 1. The number of hydrogen-bond acceptors (Lipinski definition) is 3. The first-order valence-electron chi connectivity index (χ1n) is 4.10. The summed E-state index contributed by atoms with van der Waals surface area (Å²) in [6.07, 6.45) is 0. The smallest absolute Gasteiger partial charge is 0.318 e. The maximum Gasteiger partial charge on any atom is 0.318 e. The minimum Gasteiger partial charge on any atom is -0.480 e. The van der Waals surface area contributed by atoms with Gasteiger partial charge in [0, 0.05) is 10.7 Å². The van der Waals surface area contributed by atoms with Crippen molar-refractivity contribution in [1.82, 2.24) is 4.72 Å². The molecule has 2 N–H and O–H groups in total. The lowest BCUT2D eigenvalue weighted by molar-refractivity contribution is -0.135. The third kappa shape index (κ3) is 4.43. The van der Waals surface area contributed by atoms with Crippen LogP contribution in [0.3, 0.4) is 0 Å². The van der Waals surface area contributed by atoms with Gasteiger partial charge >= 0.3 is 5.97 Å². The SMILES string of the molecule is O=C(O)CNS(=O)(=O)c1cc(I)c(I)c(I)c1. The van der Waals surface area contributed by atoms with Crippen LogP contribution in [0.25, 0.3) is 0 Å². The predicted molar refractivity (Wildman–Crippen MR) is 87.4 cm³/mol. The molecule has 0 unspecified atom stereocenters. The molecule has 1 aromatic rings. The second-order valence-electron chi connectivity index (χ2n) is 2.92. The van der Waals surface area contributed by atoms with E-state index in [1.807, 2.05) is 49.9 Å². The van der Waals surface area contributed by atoms with Gasteiger partial charge in [-0.3, -0.25) is 4.79 Å². The molecule has 0 aliphatic rings. The van der Waals surface area contributed by atoms with Crippen molar-refractivity contribution in [3.63, 3.8) is 0 Å². The summed E-state index contributed by atoms with van der Waals surface area (Å²) in [4.78, 5) is 10.4. The number of aliphatic carboxylic acids is 1. The number of rotatable bonds is 4. The van der Waals surface area contributed by atoms with Crippen molar-refractivity contribution < 1.29 is 18.3 Å². The molecule has 5 nitrogen and oxygen atoms in total. The molecule has 1 aromatic carbocycles. The van der Waals surface area contributed by atoms with E-state index >= 15 is 0 Å². The second kappa shape index (κ2) is 6.29. The number of carboxylic acids is 1. The van der Waals surface area contributed by atoms with Crippen LogP contribution in [-0.2, 0) is 14.8 Å². The summed E-state index contributed by atoms with van der Waals surface area (Å²) in [5, 5.41) is 8.45. The van der Waals surface area contributed by atoms with Gasteiger partial charge in [0.15, 0.2) is 0 Å². The third-order valence-corrected chi connectivity index (χ3v) is 7.99. The van der Waals surface area contributed by atoms with Crippen molar-refractivity contribution in [2.45, 2.75) is 4.90 Å². The summed E-state index contributed by atoms with van der Waals surface area (Å²) in [5.41, 5.74) is 0. The van der Waals surface area contributed by atoms with E-state index in [-0.39, 0.29) is 4.90 Å². The van der Waals surface area contributed by atoms with E-state index in [4.69, 9.17) is 5.11 Å². The fourth-order valence-electron chi connectivity index (χ4n) is 0.927. The van der Waals surface area contributed by atoms with Crippen LogP contribution < -0.4 is 4.72 Å². The molecule has 9 heteroatoms. The van der Waals surface area contributed by atoms with Gasteiger partial charge in [-0.1, -0.05) is 0 Å². The van der Waals surface area contributed by atoms with Crippen molar-refractivity contribution in [3.8, 4) is 0 Å². The van der Waals surface area contributed by atoms with Crippen LogP contribution in [0.5, 0.6) is 0 Å². The molecule has 1 rings (SSSR count). The monoisotopic (exact) mass is 593 g/mol. The molecule has 0 amide bonds. The van der Waals surface area contributed by atoms with Crippen LogP contribution in [0.15, 0.2) is 17.0 Å². The Bertz CT molecular complexity index is 535. The van der Waals surface area contributed by atoms with Crippen molar-refractivity contribution in [2.75, 3.05) is 6.54 Å². The molecule has 0 atom stereocenters. The predicted octanol–water partition coefficient (Wildman–Crippen LogP) is 1.86. The van der Waals surface area contributed by atoms with Gasteiger partial charge in [0.1, 0.15) is 6.54 Å². The summed E-state index contributed by atoms with van der Waals surface area (Å²) in [7, 11) is -3.76. The maximum absolute atomic E-state index is 11.8. The molecule has 0 fully saturated rings. The van der Waals surface area contributed by atoms with Crippen LogP contribution in [-0.4, -0.2) is 26.0 Å². The van der Waals surface area contributed by atoms with Crippen LogP contribution in [0, 0.1) is 10.7 Å². The van der Waals surface area contributed by atoms with E-state index in [0.29, 0.717) is 0 Å². The Kier molecular flexibility index (Phi) is 5.87. The molecule has 0 saturated carbocycles. The minimum absolute atomic E-state index is 0.0768. The Morgan fingerprint density at radius 1 is 1.24 bits per heavy atom. The lowest BCUT2D eigenvalue weighted by atomic mass is 10.4. The summed E-state index contributed by atoms with van der Waals surface area (Å²) in [5.74, 6) is -1.22. The van der Waals surface area contributed by atoms with Gasteiger partial charge < -0.3 is 5.11 Å². The molecule has 17 heavy (non-hydrogen) atoms. The van der Waals surface area contributed by atoms with E-state index in [9.17, 15) is 13.2 Å². The van der Waals surface area contributed by atoms with Crippen molar-refractivity contribution in [1.29, 1.82) is 0 Å². The van der Waals surface area contributed by atoms with Gasteiger partial charge in [-0.15, -0.1) is 0 Å². The van der Waals surface area contributed by atoms with Crippen LogP contribution in [0.2, 0.25) is 0 Å². The molecule has 0 spiro atoms. The molecule has 0 radical (unpaired) electrons. The van der Waals surface area contributed by atoms with E-state index in [1.54, 1.807) is 0 Å². The zero-order valence-corrected chi connectivity index (χ0v) is 15.4. The number of sulfonamides is 1. The Labute approximate surface area is 139 Å². The quantitative estimate of drug-likeness (QED) is 0.413. The second-order valence-corrected chi connectivity index (χ2v) is 8.09. The van der Waals surface area contributed by atoms with Gasteiger partial charge in [-0.05, 0) is 79.9 Å². The van der Waals surface area contributed by atoms with Crippen LogP contribution in [0.4, 0.5) is 0 Å². The number of carboxylic acid groups (broad SMARTS) is 1. The largest absolute Gasteiger partial charge is 0.480 e. The zero-order chi connectivity index (χ0) is 13.2. The molecule has 0 bridgehead atoms. The highest BCUT2D eigenvalue weighted by Gasteiger charge is 2.17. The highest BCUT2D eigenvalue weighted by atomic mass is 127. The molecular formula is C8H6I3NO4S. The molecule has 0 aromatic heterocycles. The number of hydrogen-bond donors (Lipinski definition) is 2. The van der Waals surface area contributed by atoms with Crippen molar-refractivity contribution >= 4 is 83.8 Å². The third-order valence-electron chi connectivity index (χ3n) is 1.68. The maximum atomic E-state index is 11.8. The Morgan fingerprint density at radius 2 is 1.71 bits per heavy atom. The molecule has 0 aliphatic heterocycles. The fraction of sp³-hybridized carbons (Fsp3) is 0.125. The van der Waals surface area contributed by atoms with E-state index in [1.165, 1.54) is 12.1 Å². The lowest BCUT2D eigenvalue weighted by Gasteiger charge is -2.07. The summed E-state index contributed by atoms with van der Waals surface area (Å²) in [6, 6.07) is 3.02. The average Bonchev–Trinajstić information content (AvgIpc) is 2.22. The first-order chi connectivity index (χ1) is 7.74. The minimum atomic E-state index is -3.76. The van der Waals surface area contributed by atoms with E-state index < -0.39 is 22.5 Å². The summed E-state index contributed by atoms with van der Waals surface area (Å²) >= 11 is 6.19. The first kappa shape index (κ1) is 15.8. The van der Waals surface area contributed by atoms with Gasteiger partial charge in [0.2, 0.25) is 10.0 Å². The van der Waals surface area contributed by atoms with E-state index in [2.05, 4.69) is 22.6 Å². The van der Waals surface area contributed by atoms with Gasteiger partial charge in [0.25, 0.3) is 0 Å². The van der Waals surface area contributed by atoms with Gasteiger partial charge in [0.05, 0.1) is 4.90 Å². The summed E-state index contributed by atoms with van der Waals surface area (Å²) < 4.78 is 28.1. The fourth-order valence-corrected chi connectivity index (χ4v) is 4.46. The number of carbonyl (C=O) groups is 1. The average molecular weight is 593 g/mol. The Balaban J connectivity index is 3.12. The highest BCUT2D eigenvalue weighted by Crippen LogP contribution is 2.25. The standard InChI is InChI=1S/C8H6I3NO4S/c9-5-1-4(2-6(10)8(5)11)17(15,16)12-3-7(13)14/h1-2,12H,3H2,(H,13,14). The first-order valence-corrected chi connectivity index (χ1v) is 8.82. The number of halogens is 3. The molecule has 0 saturated heterocycles. The summed E-state index contributed by atoms with van der Waals surface area (Å²) in [6.45, 7) is -0.624. The van der Waals surface area contributed by atoms with Crippen LogP contribution >= 0.6 is 67.8 Å². The normalized spacial score (nSPS) is 11.5. The molecular weight excluding hydrogens is 587 g/mol. The van der Waals surface area contributed by atoms with E-state index in [0.717, 1.165) is 10.7 Å². The van der Waals surface area contributed by atoms with Crippen molar-refractivity contribution in [2.24, 2.45) is 0 Å². The van der Waals surface area contributed by atoms with Crippen LogP contribution in [0.1, 0.15) is 0 Å². The van der Waals surface area contributed by atoms with Gasteiger partial charge in [-0.25, -0.2) is 8.42 Å². The van der Waals surface area contributed by atoms with Gasteiger partial charge in [-0.2, -0.15) is 4.72 Å². The number of benzene rings is 1. The molecule has 94 valence electrons. The van der Waals surface area contributed by atoms with Crippen molar-refractivity contribution in [3.05, 3.63) is 22.8 Å². The Morgan fingerprint density at radius 3 is 2.12 bits per heavy atom. The highest BCUT2D eigenvalue weighted by molar-refractivity contribution is 14.1. The molecule has 0 aliphatic carbocycles. The lowest BCUT2D eigenvalue weighted by Crippen LogP contribution is -2.29. The topological polar surface area (TPSA) is 83.5 Å². The zero-order valence-electron chi connectivity index (χ0n) is 8.08. The Hall–Kier alpha value is 0.790. The molecule has 0 heterocycles.